The van der Waals surface area contributed by atoms with Crippen LogP contribution in [0.25, 0.3) is 11.1 Å². The fourth-order valence-corrected chi connectivity index (χ4v) is 3.63. The first-order valence-corrected chi connectivity index (χ1v) is 12.0. The molecule has 1 aromatic heterocycles. The lowest BCUT2D eigenvalue weighted by molar-refractivity contribution is -0.164. The number of ether oxygens (including phenoxy) is 3. The largest absolute Gasteiger partial charge is 0.511 e. The molecule has 0 radical (unpaired) electrons. The van der Waals surface area contributed by atoms with Gasteiger partial charge in [-0.2, -0.15) is 0 Å². The van der Waals surface area contributed by atoms with Crippen molar-refractivity contribution in [1.29, 1.82) is 0 Å². The Kier molecular flexibility index (Phi) is 10.2. The predicted octanol–water partition coefficient (Wildman–Crippen LogP) is 3.13. The van der Waals surface area contributed by atoms with Crippen LogP contribution in [0.1, 0.15) is 36.3 Å². The molecule has 1 unspecified atom stereocenters. The molecule has 2 atom stereocenters. The zero-order valence-corrected chi connectivity index (χ0v) is 21.7. The number of rotatable bonds is 11. The lowest BCUT2D eigenvalue weighted by atomic mass is 9.97. The third-order valence-corrected chi connectivity index (χ3v) is 5.45. The van der Waals surface area contributed by atoms with Gasteiger partial charge in [0, 0.05) is 23.0 Å². The van der Waals surface area contributed by atoms with E-state index in [0.717, 1.165) is 6.20 Å². The highest BCUT2D eigenvalue weighted by molar-refractivity contribution is 6.30. The molecule has 14 heteroatoms. The minimum Gasteiger partial charge on any atom is -0.431 e. The summed E-state index contributed by atoms with van der Waals surface area (Å²) >= 11 is 5.98. The van der Waals surface area contributed by atoms with E-state index in [1.165, 1.54) is 18.2 Å². The fraction of sp³-hybridized carbons (Fsp3) is 0.320. The second kappa shape index (κ2) is 13.5. The summed E-state index contributed by atoms with van der Waals surface area (Å²) in [5.74, 6) is -2.27. The number of benzene rings is 2. The van der Waals surface area contributed by atoms with E-state index >= 15 is 0 Å². The van der Waals surface area contributed by atoms with Crippen LogP contribution >= 0.6 is 11.6 Å². The highest BCUT2D eigenvalue weighted by Gasteiger charge is 2.25. The Balaban J connectivity index is 1.68. The number of aliphatic hydroxyl groups is 1. The Labute approximate surface area is 227 Å². The van der Waals surface area contributed by atoms with E-state index < -0.39 is 48.9 Å². The Hall–Kier alpha value is -4.23. The summed E-state index contributed by atoms with van der Waals surface area (Å²) in [6, 6.07) is 10.1. The van der Waals surface area contributed by atoms with E-state index in [9.17, 15) is 29.1 Å². The fourth-order valence-electron chi connectivity index (χ4n) is 3.46. The zero-order chi connectivity index (χ0) is 28.5. The van der Waals surface area contributed by atoms with Crippen molar-refractivity contribution >= 4 is 29.6 Å². The van der Waals surface area contributed by atoms with Gasteiger partial charge in [-0.3, -0.25) is 4.79 Å². The van der Waals surface area contributed by atoms with Crippen LogP contribution in [0.2, 0.25) is 5.02 Å². The lowest BCUT2D eigenvalue weighted by Gasteiger charge is -2.21. The molecule has 0 bridgehead atoms. The SMILES string of the molecule is CC(C)OC(=O)OCOC(=O)C(O)C[C@@H](Cc1ccc(-c2cc(Cl)ccc2F)cc1)NC(=O)c1cn(O)nn1. The second-order valence-electron chi connectivity index (χ2n) is 8.61. The van der Waals surface area contributed by atoms with Gasteiger partial charge < -0.3 is 29.8 Å². The minimum absolute atomic E-state index is 0.138. The average Bonchev–Trinajstić information content (AvgIpc) is 3.32. The molecule has 0 fully saturated rings. The van der Waals surface area contributed by atoms with Crippen LogP contribution in [-0.2, 0) is 25.4 Å². The molecule has 12 nitrogen and oxygen atoms in total. The molecule has 2 aromatic carbocycles. The summed E-state index contributed by atoms with van der Waals surface area (Å²) in [6.07, 6.45) is -2.37. The quantitative estimate of drug-likeness (QED) is 0.179. The molecule has 0 aliphatic heterocycles. The summed E-state index contributed by atoms with van der Waals surface area (Å²) in [5.41, 5.74) is 1.35. The van der Waals surface area contributed by atoms with E-state index in [-0.39, 0.29) is 18.5 Å². The van der Waals surface area contributed by atoms with E-state index in [1.807, 2.05) is 0 Å². The van der Waals surface area contributed by atoms with Crippen LogP contribution in [0.3, 0.4) is 0 Å². The molecule has 3 aromatic rings. The van der Waals surface area contributed by atoms with Crippen molar-refractivity contribution in [2.75, 3.05) is 6.79 Å². The van der Waals surface area contributed by atoms with Crippen molar-refractivity contribution < 1.29 is 43.3 Å². The van der Waals surface area contributed by atoms with Crippen LogP contribution < -0.4 is 5.32 Å². The molecule has 0 saturated carbocycles. The molecule has 0 aliphatic rings. The third kappa shape index (κ3) is 8.93. The number of aromatic nitrogens is 3. The highest BCUT2D eigenvalue weighted by Crippen LogP contribution is 2.26. The van der Waals surface area contributed by atoms with Gasteiger partial charge >= 0.3 is 12.1 Å². The van der Waals surface area contributed by atoms with Crippen LogP contribution in [0.5, 0.6) is 0 Å². The van der Waals surface area contributed by atoms with Crippen LogP contribution in [0, 0.1) is 5.82 Å². The van der Waals surface area contributed by atoms with Gasteiger partial charge in [0.25, 0.3) is 5.91 Å². The number of hydrogen-bond donors (Lipinski definition) is 3. The van der Waals surface area contributed by atoms with Gasteiger partial charge in [-0.25, -0.2) is 14.0 Å². The summed E-state index contributed by atoms with van der Waals surface area (Å²) in [4.78, 5) is 36.6. The molecule has 39 heavy (non-hydrogen) atoms. The standard InChI is InChI=1S/C25H26ClFN4O8/c1-14(2)39-25(35)38-13-37-24(34)22(32)11-18(28-23(33)21-12-31(36)30-29-21)9-15-3-5-16(6-4-15)19-10-17(26)7-8-20(19)27/h3-8,10,12,14,18,22,32,36H,9,11,13H2,1-2H3,(H,28,33)/t18-,22?/m1/s1. The maximum atomic E-state index is 14.2. The Morgan fingerprint density at radius 3 is 2.49 bits per heavy atom. The Morgan fingerprint density at radius 2 is 1.85 bits per heavy atom. The first-order valence-electron chi connectivity index (χ1n) is 11.7. The number of aliphatic hydroxyl groups excluding tert-OH is 1. The molecule has 1 heterocycles. The van der Waals surface area contributed by atoms with E-state index in [4.69, 9.17) is 21.1 Å². The van der Waals surface area contributed by atoms with Crippen molar-refractivity contribution in [3.8, 4) is 11.1 Å². The zero-order valence-electron chi connectivity index (χ0n) is 20.9. The number of carbonyl (C=O) groups excluding carboxylic acids is 3. The number of amides is 1. The van der Waals surface area contributed by atoms with Gasteiger partial charge in [-0.05, 0) is 54.8 Å². The molecular weight excluding hydrogens is 539 g/mol. The number of nitrogens with zero attached hydrogens (tertiary/aromatic N) is 3. The minimum atomic E-state index is -1.70. The van der Waals surface area contributed by atoms with E-state index in [2.05, 4.69) is 20.4 Å². The van der Waals surface area contributed by atoms with Gasteiger partial charge in [-0.1, -0.05) is 40.7 Å². The topological polar surface area (TPSA) is 162 Å². The maximum Gasteiger partial charge on any atom is 0.511 e. The number of carbonyl (C=O) groups is 3. The molecule has 0 spiro atoms. The van der Waals surface area contributed by atoms with Crippen molar-refractivity contribution in [3.05, 3.63) is 70.8 Å². The molecule has 0 aliphatic carbocycles. The van der Waals surface area contributed by atoms with Crippen LogP contribution in [0.15, 0.2) is 48.7 Å². The van der Waals surface area contributed by atoms with E-state index in [1.54, 1.807) is 38.1 Å². The maximum absolute atomic E-state index is 14.2. The molecular formula is C25H26ClFN4O8. The summed E-state index contributed by atoms with van der Waals surface area (Å²) in [5, 5.41) is 29.5. The monoisotopic (exact) mass is 564 g/mol. The number of halogens is 2. The molecule has 3 rings (SSSR count). The predicted molar refractivity (Wildman–Crippen MR) is 133 cm³/mol. The summed E-state index contributed by atoms with van der Waals surface area (Å²) in [7, 11) is 0. The van der Waals surface area contributed by atoms with Gasteiger partial charge in [0.05, 0.1) is 12.3 Å². The van der Waals surface area contributed by atoms with Gasteiger partial charge in [-0.15, -0.1) is 5.10 Å². The van der Waals surface area contributed by atoms with Gasteiger partial charge in [0.2, 0.25) is 6.79 Å². The molecule has 1 amide bonds. The van der Waals surface area contributed by atoms with Gasteiger partial charge in [0.15, 0.2) is 11.8 Å². The third-order valence-electron chi connectivity index (χ3n) is 5.21. The average molecular weight is 565 g/mol. The van der Waals surface area contributed by atoms with Crippen molar-refractivity contribution in [3.63, 3.8) is 0 Å². The Bertz CT molecular complexity index is 1300. The smallest absolute Gasteiger partial charge is 0.431 e. The lowest BCUT2D eigenvalue weighted by Crippen LogP contribution is -2.41. The Morgan fingerprint density at radius 1 is 1.13 bits per heavy atom. The second-order valence-corrected chi connectivity index (χ2v) is 9.05. The number of hydrogen-bond acceptors (Lipinski definition) is 10. The first-order chi connectivity index (χ1) is 18.5. The first kappa shape index (κ1) is 29.3. The molecule has 208 valence electrons. The van der Waals surface area contributed by atoms with Crippen molar-refractivity contribution in [2.45, 2.75) is 44.9 Å². The summed E-state index contributed by atoms with van der Waals surface area (Å²) < 4.78 is 28.3. The molecule has 3 N–H and O–H groups in total. The van der Waals surface area contributed by atoms with Gasteiger partial charge in [0.1, 0.15) is 5.82 Å². The number of esters is 1. The number of nitrogens with one attached hydrogen (secondary N) is 1. The normalized spacial score (nSPS) is 12.5. The van der Waals surface area contributed by atoms with Crippen LogP contribution in [0.4, 0.5) is 9.18 Å². The molecule has 0 saturated heterocycles. The van der Waals surface area contributed by atoms with Crippen LogP contribution in [-0.4, -0.2) is 68.5 Å². The van der Waals surface area contributed by atoms with Crippen molar-refractivity contribution in [2.24, 2.45) is 0 Å². The van der Waals surface area contributed by atoms with E-state index in [0.29, 0.717) is 26.6 Å². The summed E-state index contributed by atoms with van der Waals surface area (Å²) in [6.45, 7) is 2.44. The highest BCUT2D eigenvalue weighted by atomic mass is 35.5. The van der Waals surface area contributed by atoms with Crippen molar-refractivity contribution in [1.82, 2.24) is 20.5 Å².